The van der Waals surface area contributed by atoms with Crippen molar-refractivity contribution >= 4 is 21.7 Å². The summed E-state index contributed by atoms with van der Waals surface area (Å²) in [5.74, 6) is 0. The van der Waals surface area contributed by atoms with Crippen LogP contribution in [0.3, 0.4) is 0 Å². The minimum absolute atomic E-state index is 0.493. The van der Waals surface area contributed by atoms with E-state index in [0.29, 0.717) is 13.1 Å². The van der Waals surface area contributed by atoms with Crippen LogP contribution in [-0.4, -0.2) is 44.2 Å². The van der Waals surface area contributed by atoms with Gasteiger partial charge in [-0.05, 0) is 73.7 Å². The zero-order valence-electron chi connectivity index (χ0n) is 16.0. The van der Waals surface area contributed by atoms with Crippen molar-refractivity contribution < 1.29 is 13.2 Å². The number of benzene rings is 1. The first-order valence-corrected chi connectivity index (χ1v) is 11.7. The molecule has 0 radical (unpaired) electrons. The molecular weight excluding hydrogens is 362 g/mol. The summed E-state index contributed by atoms with van der Waals surface area (Å²) in [7, 11) is -3.63. The average Bonchev–Trinajstić information content (AvgIpc) is 3.21. The summed E-state index contributed by atoms with van der Waals surface area (Å²) in [4.78, 5) is 14.6. The maximum Gasteiger partial charge on any atom is 0.332 e. The molecule has 0 spiro atoms. The Labute approximate surface area is 161 Å². The summed E-state index contributed by atoms with van der Waals surface area (Å²) < 4.78 is 27.3. The number of likely N-dealkylation sites (tertiary alicyclic amines) is 1. The fourth-order valence-corrected chi connectivity index (χ4v) is 5.89. The normalized spacial score (nSPS) is 19.4. The highest BCUT2D eigenvalue weighted by Crippen LogP contribution is 2.38. The van der Waals surface area contributed by atoms with Crippen LogP contribution in [0, 0.1) is 0 Å². The molecule has 1 saturated heterocycles. The summed E-state index contributed by atoms with van der Waals surface area (Å²) in [5, 5.41) is 2.41. The van der Waals surface area contributed by atoms with E-state index in [1.165, 1.54) is 22.3 Å². The number of fused-ring (bicyclic) bond motifs is 2. The molecule has 2 N–H and O–H groups in total. The molecule has 1 fully saturated rings. The fraction of sp³-hybridized carbons (Fsp3) is 0.650. The van der Waals surface area contributed by atoms with Gasteiger partial charge in [0.15, 0.2) is 0 Å². The Morgan fingerprint density at radius 2 is 1.74 bits per heavy atom. The van der Waals surface area contributed by atoms with Crippen LogP contribution in [0.25, 0.3) is 0 Å². The lowest BCUT2D eigenvalue weighted by Gasteiger charge is -2.38. The van der Waals surface area contributed by atoms with E-state index in [1.807, 2.05) is 0 Å². The van der Waals surface area contributed by atoms with E-state index in [1.54, 1.807) is 0 Å². The number of hydrogen-bond acceptors (Lipinski definition) is 4. The molecule has 0 saturated carbocycles. The first-order valence-electron chi connectivity index (χ1n) is 10.2. The van der Waals surface area contributed by atoms with E-state index in [2.05, 4.69) is 27.9 Å². The Hall–Kier alpha value is -1.60. The number of hydrogen-bond donors (Lipinski definition) is 2. The summed E-state index contributed by atoms with van der Waals surface area (Å²) in [6, 6.07) is 1.68. The van der Waals surface area contributed by atoms with Crippen molar-refractivity contribution in [2.45, 2.75) is 63.5 Å². The van der Waals surface area contributed by atoms with Crippen LogP contribution in [0.15, 0.2) is 6.07 Å². The molecule has 148 valence electrons. The average molecular weight is 392 g/mol. The SMILES string of the molecule is CCCCN1CC(S(=O)(=O)NC(=O)Nc2c3c(cc4c2CCC4)CCC3)C1. The number of nitrogens with one attached hydrogen (secondary N) is 2. The van der Waals surface area contributed by atoms with Crippen LogP contribution in [0.1, 0.15) is 54.9 Å². The fourth-order valence-electron chi connectivity index (χ4n) is 4.60. The molecule has 1 aromatic rings. The molecule has 1 aromatic carbocycles. The van der Waals surface area contributed by atoms with Gasteiger partial charge < -0.3 is 10.2 Å². The highest BCUT2D eigenvalue weighted by Gasteiger charge is 2.38. The van der Waals surface area contributed by atoms with Gasteiger partial charge in [0.05, 0.1) is 0 Å². The molecule has 1 heterocycles. The minimum Gasteiger partial charge on any atom is -0.307 e. The van der Waals surface area contributed by atoms with Crippen LogP contribution < -0.4 is 10.0 Å². The van der Waals surface area contributed by atoms with E-state index >= 15 is 0 Å². The number of unbranched alkanes of at least 4 members (excludes halogenated alkanes) is 1. The maximum absolute atomic E-state index is 12.5. The standard InChI is InChI=1S/C20H29N3O3S/c1-2-3-10-23-12-16(13-23)27(25,26)22-20(24)21-19-17-8-4-6-14(17)11-15-7-5-9-18(15)19/h11,16H,2-10,12-13H2,1H3,(H2,21,22,24). The van der Waals surface area contributed by atoms with Crippen molar-refractivity contribution in [1.82, 2.24) is 9.62 Å². The van der Waals surface area contributed by atoms with E-state index in [4.69, 9.17) is 0 Å². The van der Waals surface area contributed by atoms with Crippen molar-refractivity contribution in [1.29, 1.82) is 0 Å². The van der Waals surface area contributed by atoms with E-state index in [9.17, 15) is 13.2 Å². The predicted octanol–water partition coefficient (Wildman–Crippen LogP) is 2.60. The van der Waals surface area contributed by atoms with E-state index in [-0.39, 0.29) is 0 Å². The quantitative estimate of drug-likeness (QED) is 0.781. The number of aryl methyl sites for hydroxylation is 2. The Kier molecular flexibility index (Phi) is 5.16. The predicted molar refractivity (Wildman–Crippen MR) is 107 cm³/mol. The Balaban J connectivity index is 1.42. The van der Waals surface area contributed by atoms with Crippen molar-refractivity contribution in [3.8, 4) is 0 Å². The number of amides is 2. The zero-order valence-corrected chi connectivity index (χ0v) is 16.8. The Morgan fingerprint density at radius 1 is 1.11 bits per heavy atom. The zero-order chi connectivity index (χ0) is 19.0. The summed E-state index contributed by atoms with van der Waals surface area (Å²) >= 11 is 0. The van der Waals surface area contributed by atoms with Crippen LogP contribution in [0.4, 0.5) is 10.5 Å². The minimum atomic E-state index is -3.63. The third kappa shape index (κ3) is 3.72. The molecule has 0 atom stereocenters. The highest BCUT2D eigenvalue weighted by atomic mass is 32.2. The molecule has 2 aliphatic carbocycles. The van der Waals surface area contributed by atoms with Crippen molar-refractivity contribution in [2.75, 3.05) is 25.0 Å². The molecule has 2 amide bonds. The molecule has 0 aromatic heterocycles. The van der Waals surface area contributed by atoms with Gasteiger partial charge in [0.2, 0.25) is 10.0 Å². The van der Waals surface area contributed by atoms with Crippen LogP contribution in [-0.2, 0) is 35.7 Å². The third-order valence-corrected chi connectivity index (χ3v) is 7.78. The van der Waals surface area contributed by atoms with Gasteiger partial charge in [-0.2, -0.15) is 0 Å². The number of sulfonamides is 1. The summed E-state index contributed by atoms with van der Waals surface area (Å²) in [6.07, 6.45) is 8.38. The Bertz CT molecular complexity index is 812. The number of nitrogens with zero attached hydrogens (tertiary/aromatic N) is 1. The first kappa shape index (κ1) is 18.7. The molecule has 4 rings (SSSR count). The second-order valence-electron chi connectivity index (χ2n) is 8.07. The maximum atomic E-state index is 12.5. The third-order valence-electron chi connectivity index (χ3n) is 6.14. The number of anilines is 1. The Morgan fingerprint density at radius 3 is 2.33 bits per heavy atom. The van der Waals surface area contributed by atoms with E-state index in [0.717, 1.165) is 63.6 Å². The van der Waals surface area contributed by atoms with Gasteiger partial charge in [-0.1, -0.05) is 19.4 Å². The van der Waals surface area contributed by atoms with Crippen molar-refractivity contribution in [3.63, 3.8) is 0 Å². The van der Waals surface area contributed by atoms with Gasteiger partial charge in [0, 0.05) is 18.8 Å². The van der Waals surface area contributed by atoms with Crippen molar-refractivity contribution in [2.24, 2.45) is 0 Å². The molecule has 3 aliphatic rings. The molecule has 0 unspecified atom stereocenters. The number of carbonyl (C=O) groups is 1. The molecule has 0 bridgehead atoms. The van der Waals surface area contributed by atoms with E-state index < -0.39 is 21.3 Å². The van der Waals surface area contributed by atoms with Gasteiger partial charge in [-0.3, -0.25) is 0 Å². The number of rotatable bonds is 6. The number of urea groups is 1. The lowest BCUT2D eigenvalue weighted by atomic mass is 9.99. The highest BCUT2D eigenvalue weighted by molar-refractivity contribution is 7.90. The molecule has 7 heteroatoms. The smallest absolute Gasteiger partial charge is 0.307 e. The molecular formula is C20H29N3O3S. The van der Waals surface area contributed by atoms with Crippen molar-refractivity contribution in [3.05, 3.63) is 28.3 Å². The van der Waals surface area contributed by atoms with Gasteiger partial charge >= 0.3 is 6.03 Å². The van der Waals surface area contributed by atoms with Gasteiger partial charge in [-0.25, -0.2) is 17.9 Å². The molecule has 1 aliphatic heterocycles. The second kappa shape index (κ2) is 7.43. The summed E-state index contributed by atoms with van der Waals surface area (Å²) in [6.45, 7) is 4.07. The first-order chi connectivity index (χ1) is 13.0. The molecule has 27 heavy (non-hydrogen) atoms. The monoisotopic (exact) mass is 391 g/mol. The lowest BCUT2D eigenvalue weighted by molar-refractivity contribution is 0.181. The molecule has 6 nitrogen and oxygen atoms in total. The largest absolute Gasteiger partial charge is 0.332 e. The van der Waals surface area contributed by atoms with Crippen LogP contribution in [0.2, 0.25) is 0 Å². The number of carbonyl (C=O) groups excluding carboxylic acids is 1. The topological polar surface area (TPSA) is 78.5 Å². The van der Waals surface area contributed by atoms with Gasteiger partial charge in [0.25, 0.3) is 0 Å². The van der Waals surface area contributed by atoms with Crippen LogP contribution in [0.5, 0.6) is 0 Å². The van der Waals surface area contributed by atoms with Gasteiger partial charge in [-0.15, -0.1) is 0 Å². The second-order valence-corrected chi connectivity index (χ2v) is 10.0. The lowest BCUT2D eigenvalue weighted by Crippen LogP contribution is -2.58. The summed E-state index contributed by atoms with van der Waals surface area (Å²) in [5.41, 5.74) is 5.93. The van der Waals surface area contributed by atoms with Crippen LogP contribution >= 0.6 is 0 Å². The van der Waals surface area contributed by atoms with Gasteiger partial charge in [0.1, 0.15) is 5.25 Å².